The van der Waals surface area contributed by atoms with Gasteiger partial charge in [-0.15, -0.1) is 0 Å². The van der Waals surface area contributed by atoms with Crippen LogP contribution in [0.25, 0.3) is 0 Å². The third-order valence-electron chi connectivity index (χ3n) is 3.76. The van der Waals surface area contributed by atoms with Crippen molar-refractivity contribution in [3.63, 3.8) is 0 Å². The van der Waals surface area contributed by atoms with E-state index < -0.39 is 5.54 Å². The maximum absolute atomic E-state index is 11.9. The molecule has 3 nitrogen and oxygen atoms in total. The van der Waals surface area contributed by atoms with Gasteiger partial charge in [0.05, 0.1) is 6.07 Å². The van der Waals surface area contributed by atoms with Crippen LogP contribution in [0.5, 0.6) is 0 Å². The summed E-state index contributed by atoms with van der Waals surface area (Å²) in [6.07, 6.45) is 8.15. The molecule has 0 aliphatic heterocycles. The summed E-state index contributed by atoms with van der Waals surface area (Å²) in [6, 6.07) is 2.30. The summed E-state index contributed by atoms with van der Waals surface area (Å²) < 4.78 is 0. The monoisotopic (exact) mass is 206 g/mol. The molecule has 82 valence electrons. The molecule has 2 saturated carbocycles. The molecule has 0 unspecified atom stereocenters. The van der Waals surface area contributed by atoms with Gasteiger partial charge in [-0.2, -0.15) is 5.26 Å². The van der Waals surface area contributed by atoms with Crippen LogP contribution in [-0.4, -0.2) is 11.4 Å². The second-order valence-corrected chi connectivity index (χ2v) is 4.87. The molecule has 2 fully saturated rings. The fourth-order valence-corrected chi connectivity index (χ4v) is 2.77. The molecular weight excluding hydrogens is 188 g/mol. The van der Waals surface area contributed by atoms with Crippen molar-refractivity contribution in [2.75, 3.05) is 0 Å². The molecule has 1 N–H and O–H groups in total. The third-order valence-corrected chi connectivity index (χ3v) is 3.76. The molecule has 0 bridgehead atoms. The summed E-state index contributed by atoms with van der Waals surface area (Å²) in [5.41, 5.74) is -0.528. The summed E-state index contributed by atoms with van der Waals surface area (Å²) in [5.74, 6) is 0.298. The molecule has 0 radical (unpaired) electrons. The molecule has 0 spiro atoms. The van der Waals surface area contributed by atoms with Crippen LogP contribution < -0.4 is 5.32 Å². The molecule has 15 heavy (non-hydrogen) atoms. The van der Waals surface area contributed by atoms with Crippen molar-refractivity contribution >= 4 is 5.91 Å². The zero-order valence-electron chi connectivity index (χ0n) is 9.09. The highest BCUT2D eigenvalue weighted by molar-refractivity contribution is 5.80. The molecule has 2 aliphatic rings. The van der Waals surface area contributed by atoms with E-state index in [9.17, 15) is 4.79 Å². The van der Waals surface area contributed by atoms with E-state index >= 15 is 0 Å². The van der Waals surface area contributed by atoms with E-state index in [1.54, 1.807) is 0 Å². The predicted molar refractivity (Wildman–Crippen MR) is 56.9 cm³/mol. The SMILES string of the molecule is N#CC1(NC(=O)C2CCCC2)CCCC1. The Hall–Kier alpha value is -1.04. The second-order valence-electron chi connectivity index (χ2n) is 4.87. The molecule has 1 amide bonds. The molecule has 2 aliphatic carbocycles. The lowest BCUT2D eigenvalue weighted by atomic mass is 9.97. The molecule has 0 aromatic heterocycles. The third kappa shape index (κ3) is 2.14. The van der Waals surface area contributed by atoms with Crippen LogP contribution in [0.15, 0.2) is 0 Å². The zero-order chi connectivity index (χ0) is 10.7. The Bertz CT molecular complexity index is 280. The summed E-state index contributed by atoms with van der Waals surface area (Å²) >= 11 is 0. The standard InChI is InChI=1S/C12H18N2O/c13-9-12(7-3-4-8-12)14-11(15)10-5-1-2-6-10/h10H,1-8H2,(H,14,15). The molecule has 0 saturated heterocycles. The molecular formula is C12H18N2O. The van der Waals surface area contributed by atoms with Gasteiger partial charge in [0.25, 0.3) is 0 Å². The van der Waals surface area contributed by atoms with Crippen molar-refractivity contribution in [1.29, 1.82) is 5.26 Å². The number of nitrogens with zero attached hydrogens (tertiary/aromatic N) is 1. The van der Waals surface area contributed by atoms with Crippen molar-refractivity contribution in [2.45, 2.75) is 56.9 Å². The van der Waals surface area contributed by atoms with Crippen LogP contribution in [0.1, 0.15) is 51.4 Å². The van der Waals surface area contributed by atoms with Crippen LogP contribution in [0, 0.1) is 17.2 Å². The summed E-state index contributed by atoms with van der Waals surface area (Å²) in [5, 5.41) is 12.1. The molecule has 2 rings (SSSR count). The first-order valence-corrected chi connectivity index (χ1v) is 5.99. The van der Waals surface area contributed by atoms with E-state index in [1.807, 2.05) is 0 Å². The van der Waals surface area contributed by atoms with E-state index in [4.69, 9.17) is 5.26 Å². The van der Waals surface area contributed by atoms with Gasteiger partial charge in [-0.05, 0) is 38.5 Å². The van der Waals surface area contributed by atoms with Crippen molar-refractivity contribution in [2.24, 2.45) is 5.92 Å². The molecule has 0 aromatic rings. The maximum atomic E-state index is 11.9. The van der Waals surface area contributed by atoms with E-state index in [0.29, 0.717) is 0 Å². The highest BCUT2D eigenvalue weighted by Gasteiger charge is 2.37. The number of nitrogens with one attached hydrogen (secondary N) is 1. The normalized spacial score (nSPS) is 25.0. The van der Waals surface area contributed by atoms with Gasteiger partial charge < -0.3 is 5.32 Å². The highest BCUT2D eigenvalue weighted by Crippen LogP contribution is 2.31. The lowest BCUT2D eigenvalue weighted by Gasteiger charge is -2.23. The Morgan fingerprint density at radius 3 is 2.33 bits per heavy atom. The minimum absolute atomic E-state index is 0.121. The van der Waals surface area contributed by atoms with Crippen LogP contribution in [-0.2, 0) is 4.79 Å². The van der Waals surface area contributed by atoms with Gasteiger partial charge in [-0.3, -0.25) is 4.79 Å². The lowest BCUT2D eigenvalue weighted by Crippen LogP contribution is -2.47. The first-order chi connectivity index (χ1) is 7.26. The quantitative estimate of drug-likeness (QED) is 0.752. The molecule has 0 heterocycles. The first-order valence-electron chi connectivity index (χ1n) is 5.99. The number of hydrogen-bond acceptors (Lipinski definition) is 2. The number of rotatable bonds is 2. The second kappa shape index (κ2) is 4.22. The Kier molecular flexibility index (Phi) is 2.95. The number of carbonyl (C=O) groups is 1. The number of carbonyl (C=O) groups excluding carboxylic acids is 1. The van der Waals surface area contributed by atoms with E-state index in [2.05, 4.69) is 11.4 Å². The van der Waals surface area contributed by atoms with Crippen LogP contribution in [0.2, 0.25) is 0 Å². The van der Waals surface area contributed by atoms with Gasteiger partial charge in [-0.1, -0.05) is 12.8 Å². The number of hydrogen-bond donors (Lipinski definition) is 1. The van der Waals surface area contributed by atoms with Crippen LogP contribution in [0.4, 0.5) is 0 Å². The first kappa shape index (κ1) is 10.5. The summed E-state index contributed by atoms with van der Waals surface area (Å²) in [7, 11) is 0. The van der Waals surface area contributed by atoms with Crippen molar-refractivity contribution in [3.8, 4) is 6.07 Å². The van der Waals surface area contributed by atoms with Crippen LogP contribution >= 0.6 is 0 Å². The van der Waals surface area contributed by atoms with Crippen molar-refractivity contribution < 1.29 is 4.79 Å². The van der Waals surface area contributed by atoms with E-state index in [0.717, 1.165) is 51.4 Å². The van der Waals surface area contributed by atoms with Gasteiger partial charge in [0.15, 0.2) is 0 Å². The van der Waals surface area contributed by atoms with Gasteiger partial charge in [0, 0.05) is 5.92 Å². The predicted octanol–water partition coefficient (Wildman–Crippen LogP) is 2.13. The largest absolute Gasteiger partial charge is 0.338 e. The summed E-state index contributed by atoms with van der Waals surface area (Å²) in [4.78, 5) is 11.9. The van der Waals surface area contributed by atoms with Gasteiger partial charge in [0.1, 0.15) is 5.54 Å². The van der Waals surface area contributed by atoms with Crippen LogP contribution in [0.3, 0.4) is 0 Å². The van der Waals surface area contributed by atoms with E-state index in [-0.39, 0.29) is 11.8 Å². The van der Waals surface area contributed by atoms with Gasteiger partial charge in [0.2, 0.25) is 5.91 Å². The van der Waals surface area contributed by atoms with Gasteiger partial charge >= 0.3 is 0 Å². The Morgan fingerprint density at radius 1 is 1.20 bits per heavy atom. The topological polar surface area (TPSA) is 52.9 Å². The zero-order valence-corrected chi connectivity index (χ0v) is 9.09. The summed E-state index contributed by atoms with van der Waals surface area (Å²) in [6.45, 7) is 0. The fraction of sp³-hybridized carbons (Fsp3) is 0.833. The number of nitriles is 1. The maximum Gasteiger partial charge on any atom is 0.224 e. The highest BCUT2D eigenvalue weighted by atomic mass is 16.2. The lowest BCUT2D eigenvalue weighted by molar-refractivity contribution is -0.126. The average Bonchev–Trinajstić information content (AvgIpc) is 2.88. The molecule has 3 heteroatoms. The molecule has 0 atom stereocenters. The fourth-order valence-electron chi connectivity index (χ4n) is 2.77. The van der Waals surface area contributed by atoms with Gasteiger partial charge in [-0.25, -0.2) is 0 Å². The molecule has 0 aromatic carbocycles. The average molecular weight is 206 g/mol. The number of amides is 1. The minimum atomic E-state index is -0.528. The Balaban J connectivity index is 1.95. The minimum Gasteiger partial charge on any atom is -0.338 e. The van der Waals surface area contributed by atoms with Crippen molar-refractivity contribution in [3.05, 3.63) is 0 Å². The van der Waals surface area contributed by atoms with E-state index in [1.165, 1.54) is 0 Å². The van der Waals surface area contributed by atoms with Crippen molar-refractivity contribution in [1.82, 2.24) is 5.32 Å². The Labute approximate surface area is 90.8 Å². The smallest absolute Gasteiger partial charge is 0.224 e. The Morgan fingerprint density at radius 2 is 1.80 bits per heavy atom.